The highest BCUT2D eigenvalue weighted by atomic mass is 16.5. The van der Waals surface area contributed by atoms with Crippen LogP contribution < -0.4 is 11.1 Å². The fourth-order valence-corrected chi connectivity index (χ4v) is 2.35. The lowest BCUT2D eigenvalue weighted by atomic mass is 10.1. The number of rotatable bonds is 6. The van der Waals surface area contributed by atoms with E-state index in [2.05, 4.69) is 15.2 Å². The lowest BCUT2D eigenvalue weighted by Crippen LogP contribution is -2.34. The SMILES string of the molecule is COCCNC(N)=NCC1CCN(C2CC2)C1. The van der Waals surface area contributed by atoms with Crippen LogP contribution in [0.3, 0.4) is 0 Å². The predicted molar refractivity (Wildman–Crippen MR) is 69.1 cm³/mol. The average Bonchev–Trinajstić information content (AvgIpc) is 3.07. The van der Waals surface area contributed by atoms with E-state index in [1.54, 1.807) is 7.11 Å². The number of likely N-dealkylation sites (tertiary alicyclic amines) is 1. The molecule has 0 amide bonds. The summed E-state index contributed by atoms with van der Waals surface area (Å²) >= 11 is 0. The lowest BCUT2D eigenvalue weighted by Gasteiger charge is -2.13. The molecule has 0 bridgehead atoms. The van der Waals surface area contributed by atoms with Crippen LogP contribution in [-0.4, -0.2) is 56.8 Å². The van der Waals surface area contributed by atoms with Crippen LogP contribution in [0.2, 0.25) is 0 Å². The molecule has 2 fully saturated rings. The molecule has 0 aromatic carbocycles. The van der Waals surface area contributed by atoms with Gasteiger partial charge in [0.05, 0.1) is 6.61 Å². The van der Waals surface area contributed by atoms with Crippen molar-refractivity contribution >= 4 is 5.96 Å². The van der Waals surface area contributed by atoms with Gasteiger partial charge < -0.3 is 20.7 Å². The van der Waals surface area contributed by atoms with E-state index in [1.165, 1.54) is 32.4 Å². The van der Waals surface area contributed by atoms with Gasteiger partial charge in [0.2, 0.25) is 0 Å². The molecule has 0 aromatic heterocycles. The Morgan fingerprint density at radius 3 is 3.00 bits per heavy atom. The Balaban J connectivity index is 1.61. The van der Waals surface area contributed by atoms with Gasteiger partial charge in [-0.2, -0.15) is 0 Å². The van der Waals surface area contributed by atoms with Crippen LogP contribution in [-0.2, 0) is 4.74 Å². The third-order valence-electron chi connectivity index (χ3n) is 3.51. The Morgan fingerprint density at radius 2 is 2.29 bits per heavy atom. The van der Waals surface area contributed by atoms with E-state index in [9.17, 15) is 0 Å². The first-order chi connectivity index (χ1) is 8.29. The normalized spacial score (nSPS) is 26.4. The first kappa shape index (κ1) is 12.6. The quantitative estimate of drug-likeness (QED) is 0.390. The van der Waals surface area contributed by atoms with Crippen LogP contribution in [0.5, 0.6) is 0 Å². The van der Waals surface area contributed by atoms with Crippen LogP contribution in [0.4, 0.5) is 0 Å². The summed E-state index contributed by atoms with van der Waals surface area (Å²) in [7, 11) is 1.68. The summed E-state index contributed by atoms with van der Waals surface area (Å²) < 4.78 is 4.94. The summed E-state index contributed by atoms with van der Waals surface area (Å²) in [6.07, 6.45) is 4.07. The molecule has 17 heavy (non-hydrogen) atoms. The zero-order chi connectivity index (χ0) is 12.1. The Morgan fingerprint density at radius 1 is 1.47 bits per heavy atom. The van der Waals surface area contributed by atoms with Gasteiger partial charge in [-0.3, -0.25) is 4.99 Å². The highest BCUT2D eigenvalue weighted by molar-refractivity contribution is 5.77. The highest BCUT2D eigenvalue weighted by Crippen LogP contribution is 2.31. The van der Waals surface area contributed by atoms with Crippen molar-refractivity contribution in [2.45, 2.75) is 25.3 Å². The van der Waals surface area contributed by atoms with Crippen molar-refractivity contribution in [1.82, 2.24) is 10.2 Å². The molecule has 1 aliphatic carbocycles. The summed E-state index contributed by atoms with van der Waals surface area (Å²) in [5.74, 6) is 1.24. The van der Waals surface area contributed by atoms with E-state index in [4.69, 9.17) is 10.5 Å². The van der Waals surface area contributed by atoms with Gasteiger partial charge in [0, 0.05) is 32.8 Å². The average molecular weight is 240 g/mol. The molecule has 98 valence electrons. The second-order valence-electron chi connectivity index (χ2n) is 5.03. The number of hydrogen-bond acceptors (Lipinski definition) is 3. The Kier molecular flexibility index (Phi) is 4.62. The van der Waals surface area contributed by atoms with E-state index in [0.717, 1.165) is 19.1 Å². The minimum atomic E-state index is 0.548. The van der Waals surface area contributed by atoms with E-state index in [0.29, 0.717) is 18.5 Å². The molecule has 2 rings (SSSR count). The molecule has 1 saturated carbocycles. The van der Waals surface area contributed by atoms with Crippen LogP contribution >= 0.6 is 0 Å². The van der Waals surface area contributed by atoms with Crippen molar-refractivity contribution in [3.05, 3.63) is 0 Å². The van der Waals surface area contributed by atoms with Crippen LogP contribution in [0, 0.1) is 5.92 Å². The number of methoxy groups -OCH3 is 1. The third kappa shape index (κ3) is 4.16. The van der Waals surface area contributed by atoms with Crippen LogP contribution in [0.1, 0.15) is 19.3 Å². The summed E-state index contributed by atoms with van der Waals surface area (Å²) in [5, 5.41) is 3.04. The molecule has 2 aliphatic rings. The van der Waals surface area contributed by atoms with Crippen molar-refractivity contribution in [2.75, 3.05) is 39.9 Å². The molecule has 0 radical (unpaired) electrons. The van der Waals surface area contributed by atoms with Gasteiger partial charge in [0.15, 0.2) is 5.96 Å². The van der Waals surface area contributed by atoms with Crippen molar-refractivity contribution in [2.24, 2.45) is 16.6 Å². The Bertz CT molecular complexity index is 265. The number of nitrogens with two attached hydrogens (primary N) is 1. The minimum absolute atomic E-state index is 0.548. The summed E-state index contributed by atoms with van der Waals surface area (Å²) in [6, 6.07) is 0.890. The van der Waals surface area contributed by atoms with Crippen molar-refractivity contribution < 1.29 is 4.74 Å². The predicted octanol–water partition coefficient (Wildman–Crippen LogP) is 0.0214. The fourth-order valence-electron chi connectivity index (χ4n) is 2.35. The number of hydrogen-bond donors (Lipinski definition) is 2. The molecular weight excluding hydrogens is 216 g/mol. The van der Waals surface area contributed by atoms with E-state index in [-0.39, 0.29) is 0 Å². The standard InChI is InChI=1S/C12H24N4O/c1-17-7-5-14-12(13)15-8-10-4-6-16(9-10)11-2-3-11/h10-11H,2-9H2,1H3,(H3,13,14,15). The monoisotopic (exact) mass is 240 g/mol. The lowest BCUT2D eigenvalue weighted by molar-refractivity contribution is 0.204. The van der Waals surface area contributed by atoms with Crippen molar-refractivity contribution in [1.29, 1.82) is 0 Å². The largest absolute Gasteiger partial charge is 0.383 e. The molecule has 1 heterocycles. The molecule has 1 unspecified atom stereocenters. The maximum Gasteiger partial charge on any atom is 0.188 e. The van der Waals surface area contributed by atoms with Crippen LogP contribution in [0.15, 0.2) is 4.99 Å². The maximum absolute atomic E-state index is 5.77. The number of ether oxygens (including phenoxy) is 1. The zero-order valence-corrected chi connectivity index (χ0v) is 10.7. The molecular formula is C12H24N4O. The Labute approximate surface area is 103 Å². The third-order valence-corrected chi connectivity index (χ3v) is 3.51. The number of nitrogens with zero attached hydrogens (tertiary/aromatic N) is 2. The molecule has 5 nitrogen and oxygen atoms in total. The summed E-state index contributed by atoms with van der Waals surface area (Å²) in [6.45, 7) is 4.70. The maximum atomic E-state index is 5.77. The molecule has 0 spiro atoms. The van der Waals surface area contributed by atoms with Gasteiger partial charge in [-0.1, -0.05) is 0 Å². The Hall–Kier alpha value is -0.810. The summed E-state index contributed by atoms with van der Waals surface area (Å²) in [4.78, 5) is 7.00. The number of nitrogens with one attached hydrogen (secondary N) is 1. The molecule has 1 aliphatic heterocycles. The van der Waals surface area contributed by atoms with Gasteiger partial charge in [-0.25, -0.2) is 0 Å². The molecule has 1 atom stereocenters. The topological polar surface area (TPSA) is 62.9 Å². The second kappa shape index (κ2) is 6.21. The molecule has 3 N–H and O–H groups in total. The molecule has 1 saturated heterocycles. The van der Waals surface area contributed by atoms with E-state index < -0.39 is 0 Å². The fraction of sp³-hybridized carbons (Fsp3) is 0.917. The smallest absolute Gasteiger partial charge is 0.188 e. The first-order valence-corrected chi connectivity index (χ1v) is 6.56. The minimum Gasteiger partial charge on any atom is -0.383 e. The second-order valence-corrected chi connectivity index (χ2v) is 5.03. The van der Waals surface area contributed by atoms with Crippen LogP contribution in [0.25, 0.3) is 0 Å². The van der Waals surface area contributed by atoms with Crippen molar-refractivity contribution in [3.8, 4) is 0 Å². The first-order valence-electron chi connectivity index (χ1n) is 6.56. The summed E-state index contributed by atoms with van der Waals surface area (Å²) in [5.41, 5.74) is 5.77. The van der Waals surface area contributed by atoms with Crippen molar-refractivity contribution in [3.63, 3.8) is 0 Å². The molecule has 0 aromatic rings. The van der Waals surface area contributed by atoms with Gasteiger partial charge in [-0.05, 0) is 31.7 Å². The van der Waals surface area contributed by atoms with E-state index >= 15 is 0 Å². The zero-order valence-electron chi connectivity index (χ0n) is 10.7. The van der Waals surface area contributed by atoms with Gasteiger partial charge >= 0.3 is 0 Å². The van der Waals surface area contributed by atoms with E-state index in [1.807, 2.05) is 0 Å². The van der Waals surface area contributed by atoms with Gasteiger partial charge in [-0.15, -0.1) is 0 Å². The van der Waals surface area contributed by atoms with Gasteiger partial charge in [0.25, 0.3) is 0 Å². The molecule has 5 heteroatoms. The van der Waals surface area contributed by atoms with Gasteiger partial charge in [0.1, 0.15) is 0 Å². The number of guanidine groups is 1. The highest BCUT2D eigenvalue weighted by Gasteiger charge is 2.34. The number of aliphatic imine (C=N–C) groups is 1.